The molecular formula is C17H19N3. The van der Waals surface area contributed by atoms with E-state index in [0.717, 1.165) is 11.1 Å². The van der Waals surface area contributed by atoms with Crippen molar-refractivity contribution in [1.29, 1.82) is 0 Å². The lowest BCUT2D eigenvalue weighted by atomic mass is 9.83. The number of aliphatic imine (C=N–C) groups is 1. The molecule has 3 N–H and O–H groups in total. The second-order valence-electron chi connectivity index (χ2n) is 4.48. The molecule has 0 aliphatic carbocycles. The first-order valence-electron chi connectivity index (χ1n) is 6.48. The van der Waals surface area contributed by atoms with Gasteiger partial charge < -0.3 is 11.1 Å². The Bertz CT molecular complexity index is 549. The number of hydrogen-bond acceptors (Lipinski definition) is 1. The predicted octanol–water partition coefficient (Wildman–Crippen LogP) is 2.65. The maximum atomic E-state index is 5.90. The van der Waals surface area contributed by atoms with Gasteiger partial charge in [-0.05, 0) is 11.1 Å². The van der Waals surface area contributed by atoms with E-state index in [9.17, 15) is 0 Å². The van der Waals surface area contributed by atoms with Crippen molar-refractivity contribution in [3.63, 3.8) is 0 Å². The van der Waals surface area contributed by atoms with Crippen molar-refractivity contribution in [1.82, 2.24) is 5.32 Å². The Morgan fingerprint density at radius 1 is 1.05 bits per heavy atom. The zero-order valence-corrected chi connectivity index (χ0v) is 11.6. The molecule has 2 aromatic carbocycles. The van der Waals surface area contributed by atoms with Crippen molar-refractivity contribution in [3.05, 3.63) is 84.4 Å². The van der Waals surface area contributed by atoms with Gasteiger partial charge in [-0.15, -0.1) is 6.58 Å². The molecule has 0 spiro atoms. The van der Waals surface area contributed by atoms with Gasteiger partial charge in [0.15, 0.2) is 5.96 Å². The van der Waals surface area contributed by atoms with Crippen molar-refractivity contribution >= 4 is 5.96 Å². The van der Waals surface area contributed by atoms with Crippen LogP contribution < -0.4 is 11.1 Å². The molecule has 0 aliphatic heterocycles. The quantitative estimate of drug-likeness (QED) is 0.507. The van der Waals surface area contributed by atoms with Crippen molar-refractivity contribution in [3.8, 4) is 0 Å². The number of hydrogen-bond donors (Lipinski definition) is 2. The minimum absolute atomic E-state index is 0.373. The first kappa shape index (κ1) is 13.9. The van der Waals surface area contributed by atoms with Crippen molar-refractivity contribution in [2.24, 2.45) is 10.7 Å². The summed E-state index contributed by atoms with van der Waals surface area (Å²) in [7, 11) is 1.66. The minimum atomic E-state index is -0.591. The molecule has 0 fully saturated rings. The molecule has 20 heavy (non-hydrogen) atoms. The molecule has 0 aromatic heterocycles. The highest BCUT2D eigenvalue weighted by molar-refractivity contribution is 5.80. The fourth-order valence-corrected chi connectivity index (χ4v) is 2.26. The normalized spacial score (nSPS) is 11.9. The van der Waals surface area contributed by atoms with Crippen LogP contribution in [0.3, 0.4) is 0 Å². The largest absolute Gasteiger partial charge is 0.370 e. The monoisotopic (exact) mass is 265 g/mol. The highest BCUT2D eigenvalue weighted by atomic mass is 15.1. The lowest BCUT2D eigenvalue weighted by Crippen LogP contribution is -2.48. The third kappa shape index (κ3) is 2.57. The van der Waals surface area contributed by atoms with E-state index >= 15 is 0 Å². The van der Waals surface area contributed by atoms with Gasteiger partial charge in [-0.3, -0.25) is 4.99 Å². The summed E-state index contributed by atoms with van der Waals surface area (Å²) in [6, 6.07) is 20.1. The SMILES string of the molecule is C=CC(NC(N)=NC)(c1ccccc1)c1ccccc1. The van der Waals surface area contributed by atoms with Gasteiger partial charge >= 0.3 is 0 Å². The molecule has 0 atom stereocenters. The highest BCUT2D eigenvalue weighted by Gasteiger charge is 2.31. The van der Waals surface area contributed by atoms with E-state index in [0.29, 0.717) is 5.96 Å². The second kappa shape index (κ2) is 6.06. The van der Waals surface area contributed by atoms with E-state index < -0.39 is 5.54 Å². The third-order valence-corrected chi connectivity index (χ3v) is 3.33. The lowest BCUT2D eigenvalue weighted by Gasteiger charge is -2.33. The Hall–Kier alpha value is -2.55. The first-order chi connectivity index (χ1) is 9.73. The van der Waals surface area contributed by atoms with Crippen molar-refractivity contribution in [2.75, 3.05) is 7.05 Å². The smallest absolute Gasteiger partial charge is 0.189 e. The molecule has 0 aliphatic rings. The number of nitrogens with two attached hydrogens (primary N) is 1. The fraction of sp³-hybridized carbons (Fsp3) is 0.118. The average Bonchev–Trinajstić information content (AvgIpc) is 2.54. The molecule has 0 radical (unpaired) electrons. The van der Waals surface area contributed by atoms with Crippen LogP contribution in [0.25, 0.3) is 0 Å². The van der Waals surface area contributed by atoms with Gasteiger partial charge in [0.05, 0.1) is 0 Å². The van der Waals surface area contributed by atoms with Gasteiger partial charge in [-0.1, -0.05) is 66.7 Å². The Morgan fingerprint density at radius 3 is 1.85 bits per heavy atom. The van der Waals surface area contributed by atoms with Crippen molar-refractivity contribution < 1.29 is 0 Å². The van der Waals surface area contributed by atoms with Crippen LogP contribution in [0.2, 0.25) is 0 Å². The van der Waals surface area contributed by atoms with Gasteiger partial charge in [-0.25, -0.2) is 0 Å². The Morgan fingerprint density at radius 2 is 1.50 bits per heavy atom. The Labute approximate surface area is 119 Å². The molecular weight excluding hydrogens is 246 g/mol. The lowest BCUT2D eigenvalue weighted by molar-refractivity contribution is 0.595. The number of guanidine groups is 1. The second-order valence-corrected chi connectivity index (χ2v) is 4.48. The van der Waals surface area contributed by atoms with Crippen LogP contribution in [-0.4, -0.2) is 13.0 Å². The number of nitrogens with one attached hydrogen (secondary N) is 1. The molecule has 0 amide bonds. The van der Waals surface area contributed by atoms with Crippen LogP contribution in [0, 0.1) is 0 Å². The standard InChI is InChI=1S/C17H19N3/c1-3-17(20-16(18)19-2,14-10-6-4-7-11-14)15-12-8-5-9-13-15/h3-13H,1H2,2H3,(H3,18,19,20). The van der Waals surface area contributed by atoms with Gasteiger partial charge in [0.25, 0.3) is 0 Å². The van der Waals surface area contributed by atoms with E-state index in [-0.39, 0.29) is 0 Å². The molecule has 0 heterocycles. The first-order valence-corrected chi connectivity index (χ1v) is 6.48. The summed E-state index contributed by atoms with van der Waals surface area (Å²) in [5, 5.41) is 3.27. The summed E-state index contributed by atoms with van der Waals surface area (Å²) in [5.41, 5.74) is 7.43. The number of nitrogens with zero attached hydrogens (tertiary/aromatic N) is 1. The molecule has 2 rings (SSSR count). The summed E-state index contributed by atoms with van der Waals surface area (Å²) < 4.78 is 0. The van der Waals surface area contributed by atoms with Crippen LogP contribution in [0.15, 0.2) is 78.3 Å². The summed E-state index contributed by atoms with van der Waals surface area (Å²) in [4.78, 5) is 4.01. The van der Waals surface area contributed by atoms with Crippen LogP contribution in [0.5, 0.6) is 0 Å². The maximum Gasteiger partial charge on any atom is 0.189 e. The molecule has 0 bridgehead atoms. The zero-order valence-electron chi connectivity index (χ0n) is 11.6. The predicted molar refractivity (Wildman–Crippen MR) is 84.5 cm³/mol. The van der Waals surface area contributed by atoms with E-state index in [4.69, 9.17) is 5.73 Å². The molecule has 0 saturated heterocycles. The summed E-state index contributed by atoms with van der Waals surface area (Å²) in [5.74, 6) is 0.373. The molecule has 3 nitrogen and oxygen atoms in total. The number of rotatable bonds is 4. The van der Waals surface area contributed by atoms with Gasteiger partial charge in [0.2, 0.25) is 0 Å². The Balaban J connectivity index is 2.61. The molecule has 0 saturated carbocycles. The van der Waals surface area contributed by atoms with Crippen LogP contribution in [0.1, 0.15) is 11.1 Å². The van der Waals surface area contributed by atoms with Crippen molar-refractivity contribution in [2.45, 2.75) is 5.54 Å². The molecule has 102 valence electrons. The third-order valence-electron chi connectivity index (χ3n) is 3.33. The molecule has 3 heteroatoms. The van der Waals surface area contributed by atoms with Gasteiger partial charge in [0, 0.05) is 7.05 Å². The maximum absolute atomic E-state index is 5.90. The van der Waals surface area contributed by atoms with Gasteiger partial charge in [-0.2, -0.15) is 0 Å². The molecule has 0 unspecified atom stereocenters. The van der Waals surface area contributed by atoms with Crippen LogP contribution in [0.4, 0.5) is 0 Å². The highest BCUT2D eigenvalue weighted by Crippen LogP contribution is 2.30. The average molecular weight is 265 g/mol. The Kier molecular flexibility index (Phi) is 4.20. The van der Waals surface area contributed by atoms with E-state index in [1.54, 1.807) is 7.05 Å². The van der Waals surface area contributed by atoms with E-state index in [1.165, 1.54) is 0 Å². The van der Waals surface area contributed by atoms with E-state index in [1.807, 2.05) is 66.7 Å². The van der Waals surface area contributed by atoms with Crippen LogP contribution in [-0.2, 0) is 5.54 Å². The summed E-state index contributed by atoms with van der Waals surface area (Å²) in [6.45, 7) is 4.00. The topological polar surface area (TPSA) is 50.4 Å². The number of benzene rings is 2. The fourth-order valence-electron chi connectivity index (χ4n) is 2.26. The van der Waals surface area contributed by atoms with Crippen LogP contribution >= 0.6 is 0 Å². The zero-order chi connectivity index (χ0) is 14.4. The molecule has 2 aromatic rings. The van der Waals surface area contributed by atoms with Gasteiger partial charge in [0.1, 0.15) is 5.54 Å². The minimum Gasteiger partial charge on any atom is -0.370 e. The summed E-state index contributed by atoms with van der Waals surface area (Å²) >= 11 is 0. The van der Waals surface area contributed by atoms with E-state index in [2.05, 4.69) is 16.9 Å². The summed E-state index contributed by atoms with van der Waals surface area (Å²) in [6.07, 6.45) is 1.86.